The molecule has 1 aromatic carbocycles. The minimum Gasteiger partial charge on any atom is -0.508 e. The van der Waals surface area contributed by atoms with Crippen LogP contribution in [0, 0.1) is 11.3 Å². The first kappa shape index (κ1) is 13.9. The van der Waals surface area contributed by atoms with Crippen LogP contribution in [0.25, 0.3) is 0 Å². The zero-order valence-electron chi connectivity index (χ0n) is 13.3. The van der Waals surface area contributed by atoms with Crippen LogP contribution >= 0.6 is 0 Å². The number of rotatable bonds is 1. The normalized spacial score (nSPS) is 34.6. The average Bonchev–Trinajstić information content (AvgIpc) is 2.84. The van der Waals surface area contributed by atoms with Gasteiger partial charge in [0.05, 0.1) is 5.71 Å². The lowest BCUT2D eigenvalue weighted by molar-refractivity contribution is 0.198. The van der Waals surface area contributed by atoms with Crippen molar-refractivity contribution in [2.75, 3.05) is 7.11 Å². The van der Waals surface area contributed by atoms with Crippen molar-refractivity contribution in [1.82, 2.24) is 0 Å². The van der Waals surface area contributed by atoms with Crippen LogP contribution in [0.15, 0.2) is 35.0 Å². The van der Waals surface area contributed by atoms with E-state index in [9.17, 15) is 5.11 Å². The smallest absolute Gasteiger partial charge is 0.115 e. The predicted molar refractivity (Wildman–Crippen MR) is 87.1 cm³/mol. The van der Waals surface area contributed by atoms with Crippen LogP contribution in [0.3, 0.4) is 0 Å². The van der Waals surface area contributed by atoms with Gasteiger partial charge in [-0.05, 0) is 61.3 Å². The van der Waals surface area contributed by atoms with E-state index in [0.717, 1.165) is 12.8 Å². The monoisotopic (exact) mass is 297 g/mol. The molecule has 0 saturated heterocycles. The molecular formula is C19H23NO2. The maximum Gasteiger partial charge on any atom is 0.115 e. The van der Waals surface area contributed by atoms with Crippen molar-refractivity contribution in [2.45, 2.75) is 44.9 Å². The lowest BCUT2D eigenvalue weighted by Gasteiger charge is -2.44. The van der Waals surface area contributed by atoms with Crippen LogP contribution in [0.5, 0.6) is 5.75 Å². The fourth-order valence-electron chi connectivity index (χ4n) is 5.01. The highest BCUT2D eigenvalue weighted by Gasteiger charge is 2.51. The summed E-state index contributed by atoms with van der Waals surface area (Å²) in [5.74, 6) is 1.51. The maximum atomic E-state index is 9.72. The van der Waals surface area contributed by atoms with E-state index in [0.29, 0.717) is 17.6 Å². The number of allylic oxidation sites excluding steroid dienone is 2. The molecule has 3 atom stereocenters. The zero-order chi connectivity index (χ0) is 15.3. The first-order valence-electron chi connectivity index (χ1n) is 8.25. The topological polar surface area (TPSA) is 41.8 Å². The number of fused-ring (bicyclic) bond motifs is 5. The minimum absolute atomic E-state index is 0.173. The summed E-state index contributed by atoms with van der Waals surface area (Å²) in [5, 5.41) is 14.0. The largest absolute Gasteiger partial charge is 0.508 e. The highest BCUT2D eigenvalue weighted by atomic mass is 16.6. The van der Waals surface area contributed by atoms with Crippen molar-refractivity contribution in [3.8, 4) is 5.75 Å². The van der Waals surface area contributed by atoms with Gasteiger partial charge in [-0.15, -0.1) is 0 Å². The third-order valence-corrected chi connectivity index (χ3v) is 6.12. The molecule has 0 radical (unpaired) electrons. The Kier molecular flexibility index (Phi) is 3.07. The molecule has 2 saturated carbocycles. The van der Waals surface area contributed by atoms with E-state index >= 15 is 0 Å². The van der Waals surface area contributed by atoms with E-state index in [1.807, 2.05) is 12.1 Å². The molecule has 0 heterocycles. The van der Waals surface area contributed by atoms with Crippen molar-refractivity contribution >= 4 is 5.71 Å². The molecule has 3 aliphatic rings. The lowest BCUT2D eigenvalue weighted by atomic mass is 9.60. The molecule has 1 aromatic rings. The Hall–Kier alpha value is -1.77. The molecule has 3 nitrogen and oxygen atoms in total. The Morgan fingerprint density at radius 2 is 2.18 bits per heavy atom. The van der Waals surface area contributed by atoms with E-state index in [1.165, 1.54) is 36.1 Å². The van der Waals surface area contributed by atoms with Gasteiger partial charge in [0.2, 0.25) is 0 Å². The molecule has 116 valence electrons. The van der Waals surface area contributed by atoms with Crippen LogP contribution in [0.1, 0.15) is 49.7 Å². The number of benzene rings is 1. The van der Waals surface area contributed by atoms with Crippen molar-refractivity contribution in [2.24, 2.45) is 16.5 Å². The molecule has 0 unspecified atom stereocenters. The molecular weight excluding hydrogens is 274 g/mol. The van der Waals surface area contributed by atoms with Crippen molar-refractivity contribution in [3.05, 3.63) is 41.0 Å². The number of aromatic hydroxyl groups is 1. The van der Waals surface area contributed by atoms with Gasteiger partial charge < -0.3 is 9.94 Å². The Morgan fingerprint density at radius 3 is 3.00 bits per heavy atom. The molecule has 0 aliphatic heterocycles. The van der Waals surface area contributed by atoms with Gasteiger partial charge in [-0.2, -0.15) is 0 Å². The van der Waals surface area contributed by atoms with Gasteiger partial charge in [-0.1, -0.05) is 29.8 Å². The third kappa shape index (κ3) is 1.84. The number of phenols is 1. The Bertz CT molecular complexity index is 676. The standard InChI is InChI=1S/C19H23NO2/c1-19-10-9-15-14-6-4-13(21)11-12(14)3-5-16(15)17(19)7-8-18(19)20-22-2/h4-6,11,15,17,21H,3,7-10H2,1-2H3/b20-18-/t15-,17+,19+/m1/s1. The summed E-state index contributed by atoms with van der Waals surface area (Å²) < 4.78 is 0. The van der Waals surface area contributed by atoms with Crippen LogP contribution in [-0.4, -0.2) is 17.9 Å². The summed E-state index contributed by atoms with van der Waals surface area (Å²) >= 11 is 0. The van der Waals surface area contributed by atoms with E-state index in [1.54, 1.807) is 12.7 Å². The maximum absolute atomic E-state index is 9.72. The summed E-state index contributed by atoms with van der Waals surface area (Å²) in [5.41, 5.74) is 5.74. The van der Waals surface area contributed by atoms with Crippen LogP contribution in [0.2, 0.25) is 0 Å². The summed E-state index contributed by atoms with van der Waals surface area (Å²) in [6.07, 6.45) is 7.95. The Balaban J connectivity index is 1.73. The first-order chi connectivity index (χ1) is 10.6. The van der Waals surface area contributed by atoms with Gasteiger partial charge in [-0.25, -0.2) is 0 Å². The number of hydrogen-bond donors (Lipinski definition) is 1. The van der Waals surface area contributed by atoms with E-state index < -0.39 is 0 Å². The molecule has 0 bridgehead atoms. The van der Waals surface area contributed by atoms with Crippen molar-refractivity contribution in [3.63, 3.8) is 0 Å². The predicted octanol–water partition coefficient (Wildman–Crippen LogP) is 4.17. The second-order valence-corrected chi connectivity index (χ2v) is 7.11. The second kappa shape index (κ2) is 4.87. The van der Waals surface area contributed by atoms with Gasteiger partial charge in [0.15, 0.2) is 0 Å². The quantitative estimate of drug-likeness (QED) is 0.624. The highest BCUT2D eigenvalue weighted by molar-refractivity contribution is 5.92. The highest BCUT2D eigenvalue weighted by Crippen LogP contribution is 2.58. The van der Waals surface area contributed by atoms with Gasteiger partial charge in [0.1, 0.15) is 12.9 Å². The molecule has 0 amide bonds. The third-order valence-electron chi connectivity index (χ3n) is 6.12. The second-order valence-electron chi connectivity index (χ2n) is 7.11. The number of nitrogens with zero attached hydrogens (tertiary/aromatic N) is 1. The molecule has 3 aliphatic carbocycles. The van der Waals surface area contributed by atoms with Gasteiger partial charge in [-0.3, -0.25) is 0 Å². The number of hydrogen-bond acceptors (Lipinski definition) is 3. The van der Waals surface area contributed by atoms with Gasteiger partial charge in [0, 0.05) is 11.3 Å². The molecule has 2 fully saturated rings. The van der Waals surface area contributed by atoms with Gasteiger partial charge >= 0.3 is 0 Å². The summed E-state index contributed by atoms with van der Waals surface area (Å²) in [6.45, 7) is 2.37. The van der Waals surface area contributed by atoms with Crippen molar-refractivity contribution in [1.29, 1.82) is 0 Å². The van der Waals surface area contributed by atoms with Crippen LogP contribution in [-0.2, 0) is 11.3 Å². The van der Waals surface area contributed by atoms with E-state index in [2.05, 4.69) is 24.2 Å². The molecule has 4 rings (SSSR count). The van der Waals surface area contributed by atoms with E-state index in [-0.39, 0.29) is 5.41 Å². The Morgan fingerprint density at radius 1 is 1.32 bits per heavy atom. The fraction of sp³-hybridized carbons (Fsp3) is 0.526. The molecule has 0 spiro atoms. The zero-order valence-corrected chi connectivity index (χ0v) is 13.3. The van der Waals surface area contributed by atoms with Crippen molar-refractivity contribution < 1.29 is 9.94 Å². The summed E-state index contributed by atoms with van der Waals surface area (Å²) in [6, 6.07) is 5.90. The molecule has 22 heavy (non-hydrogen) atoms. The van der Waals surface area contributed by atoms with Gasteiger partial charge in [0.25, 0.3) is 0 Å². The minimum atomic E-state index is 0.173. The average molecular weight is 297 g/mol. The molecule has 3 heteroatoms. The van der Waals surface area contributed by atoms with E-state index in [4.69, 9.17) is 4.84 Å². The summed E-state index contributed by atoms with van der Waals surface area (Å²) in [4.78, 5) is 5.09. The SMILES string of the molecule is CO/N=C1/CC[C@H]2C3=CCc4cc(O)ccc4[C@H]3CC[C@]12C. The molecule has 0 aromatic heterocycles. The van der Waals surface area contributed by atoms with Crippen LogP contribution < -0.4 is 0 Å². The first-order valence-corrected chi connectivity index (χ1v) is 8.25. The number of oxime groups is 1. The molecule has 1 N–H and O–H groups in total. The number of phenolic OH excluding ortho intramolecular Hbond substituents is 1. The lowest BCUT2D eigenvalue weighted by Crippen LogP contribution is -2.37. The fourth-order valence-corrected chi connectivity index (χ4v) is 5.01. The summed E-state index contributed by atoms with van der Waals surface area (Å²) in [7, 11) is 1.65. The Labute approximate surface area is 131 Å². The van der Waals surface area contributed by atoms with Crippen LogP contribution in [0.4, 0.5) is 0 Å².